The highest BCUT2D eigenvalue weighted by molar-refractivity contribution is 14.1. The number of para-hydroxylation sites is 1. The van der Waals surface area contributed by atoms with Crippen molar-refractivity contribution in [3.8, 4) is 17.4 Å². The normalized spacial score (nSPS) is 11.0. The quantitative estimate of drug-likeness (QED) is 0.154. The number of carbonyl (C=O) groups excluding carboxylic acids is 1. The maximum absolute atomic E-state index is 12.4. The third kappa shape index (κ3) is 4.82. The van der Waals surface area contributed by atoms with Gasteiger partial charge in [0.05, 0.1) is 15.6 Å². The average Bonchev–Trinajstić information content (AvgIpc) is 3.16. The third-order valence-corrected chi connectivity index (χ3v) is 5.08. The van der Waals surface area contributed by atoms with Crippen LogP contribution in [-0.2, 0) is 4.79 Å². The Kier molecular flexibility index (Phi) is 6.31. The van der Waals surface area contributed by atoms with Crippen LogP contribution in [0, 0.1) is 25.0 Å². The highest BCUT2D eigenvalue weighted by Crippen LogP contribution is 2.32. The lowest BCUT2D eigenvalue weighted by atomic mass is 10.1. The molecule has 3 rings (SSSR count). The van der Waals surface area contributed by atoms with Crippen LogP contribution in [0.25, 0.3) is 17.4 Å². The molecule has 0 aliphatic rings. The Labute approximate surface area is 183 Å². The van der Waals surface area contributed by atoms with Crippen molar-refractivity contribution in [2.75, 3.05) is 5.32 Å². The Balaban J connectivity index is 1.84. The largest absolute Gasteiger partial charge is 0.457 e. The maximum Gasteiger partial charge on any atom is 0.270 e. The molecule has 1 N–H and O–H groups in total. The van der Waals surface area contributed by atoms with E-state index in [1.165, 1.54) is 24.3 Å². The molecule has 2 aromatic carbocycles. The summed E-state index contributed by atoms with van der Waals surface area (Å²) in [6, 6.07) is 16.2. The number of nitro groups is 1. The molecule has 9 heteroatoms. The predicted molar refractivity (Wildman–Crippen MR) is 117 cm³/mol. The van der Waals surface area contributed by atoms with Gasteiger partial charge in [-0.2, -0.15) is 5.26 Å². The van der Waals surface area contributed by atoms with E-state index in [0.717, 1.165) is 3.57 Å². The highest BCUT2D eigenvalue weighted by Gasteiger charge is 2.15. The minimum atomic E-state index is -0.567. The summed E-state index contributed by atoms with van der Waals surface area (Å²) in [7, 11) is 0. The molecule has 3 aromatic rings. The smallest absolute Gasteiger partial charge is 0.270 e. The molecule has 1 aromatic heterocycles. The van der Waals surface area contributed by atoms with Crippen molar-refractivity contribution in [3.05, 3.63) is 84.6 Å². The van der Waals surface area contributed by atoms with Gasteiger partial charge in [0.1, 0.15) is 23.2 Å². The SMILES string of the molecule is N#C/C(=C/c1ccc(-c2ccc([N+](=O)[O-])cc2Cl)o1)C(=O)Nc1ccccc1I. The van der Waals surface area contributed by atoms with Crippen LogP contribution in [0.3, 0.4) is 0 Å². The number of anilines is 1. The summed E-state index contributed by atoms with van der Waals surface area (Å²) in [4.78, 5) is 22.7. The van der Waals surface area contributed by atoms with Crippen LogP contribution >= 0.6 is 34.2 Å². The lowest BCUT2D eigenvalue weighted by Gasteiger charge is -2.05. The Bertz CT molecular complexity index is 1180. The van der Waals surface area contributed by atoms with Crippen molar-refractivity contribution < 1.29 is 14.1 Å². The zero-order valence-corrected chi connectivity index (χ0v) is 17.5. The van der Waals surface area contributed by atoms with Crippen molar-refractivity contribution in [1.82, 2.24) is 0 Å². The van der Waals surface area contributed by atoms with Gasteiger partial charge in [-0.25, -0.2) is 0 Å². The molecule has 0 saturated carbocycles. The van der Waals surface area contributed by atoms with E-state index in [9.17, 15) is 20.2 Å². The Morgan fingerprint density at radius 3 is 2.66 bits per heavy atom. The zero-order valence-electron chi connectivity index (χ0n) is 14.6. The zero-order chi connectivity index (χ0) is 21.0. The first-order valence-corrected chi connectivity index (χ1v) is 9.56. The number of nitro benzene ring substituents is 1. The predicted octanol–water partition coefficient (Wildman–Crippen LogP) is 5.66. The highest BCUT2D eigenvalue weighted by atomic mass is 127. The van der Waals surface area contributed by atoms with Crippen LogP contribution in [0.5, 0.6) is 0 Å². The Morgan fingerprint density at radius 1 is 1.24 bits per heavy atom. The molecule has 1 heterocycles. The molecule has 144 valence electrons. The summed E-state index contributed by atoms with van der Waals surface area (Å²) < 4.78 is 6.48. The number of amides is 1. The number of hydrogen-bond donors (Lipinski definition) is 1. The first kappa shape index (κ1) is 20.6. The lowest BCUT2D eigenvalue weighted by molar-refractivity contribution is -0.384. The van der Waals surface area contributed by atoms with Crippen LogP contribution in [-0.4, -0.2) is 10.8 Å². The molecule has 7 nitrogen and oxygen atoms in total. The molecular formula is C20H11ClIN3O4. The van der Waals surface area contributed by atoms with Crippen molar-refractivity contribution in [3.63, 3.8) is 0 Å². The van der Waals surface area contributed by atoms with Crippen molar-refractivity contribution in [2.45, 2.75) is 0 Å². The van der Waals surface area contributed by atoms with E-state index in [1.54, 1.807) is 24.3 Å². The van der Waals surface area contributed by atoms with Gasteiger partial charge in [-0.3, -0.25) is 14.9 Å². The van der Waals surface area contributed by atoms with E-state index >= 15 is 0 Å². The fraction of sp³-hybridized carbons (Fsp3) is 0. The third-order valence-electron chi connectivity index (χ3n) is 3.83. The molecule has 0 fully saturated rings. The minimum absolute atomic E-state index is 0.135. The number of nitrogens with one attached hydrogen (secondary N) is 1. The average molecular weight is 520 g/mol. The summed E-state index contributed by atoms with van der Waals surface area (Å²) in [5.41, 5.74) is 0.778. The van der Waals surface area contributed by atoms with Crippen molar-refractivity contribution in [1.29, 1.82) is 5.26 Å². The van der Waals surface area contributed by atoms with Gasteiger partial charge < -0.3 is 9.73 Å². The molecule has 0 aliphatic carbocycles. The first-order chi connectivity index (χ1) is 13.9. The number of carbonyl (C=O) groups is 1. The van der Waals surface area contributed by atoms with Gasteiger partial charge in [0.15, 0.2) is 0 Å². The number of hydrogen-bond acceptors (Lipinski definition) is 5. The molecule has 0 bridgehead atoms. The summed E-state index contributed by atoms with van der Waals surface area (Å²) in [6.45, 7) is 0. The number of nitriles is 1. The summed E-state index contributed by atoms with van der Waals surface area (Å²) in [5.74, 6) is 0.0540. The topological polar surface area (TPSA) is 109 Å². The van der Waals surface area contributed by atoms with Gasteiger partial charge >= 0.3 is 0 Å². The summed E-state index contributed by atoms with van der Waals surface area (Å²) in [6.07, 6.45) is 1.31. The fourth-order valence-electron chi connectivity index (χ4n) is 2.44. The van der Waals surface area contributed by atoms with Crippen LogP contribution in [0.4, 0.5) is 11.4 Å². The number of halogens is 2. The van der Waals surface area contributed by atoms with E-state index in [-0.39, 0.29) is 22.0 Å². The number of furan rings is 1. The number of rotatable bonds is 5. The second-order valence-electron chi connectivity index (χ2n) is 5.73. The van der Waals surface area contributed by atoms with Crippen molar-refractivity contribution >= 4 is 57.5 Å². The van der Waals surface area contributed by atoms with Gasteiger partial charge in [-0.1, -0.05) is 23.7 Å². The van der Waals surface area contributed by atoms with Crippen LogP contribution in [0.1, 0.15) is 5.76 Å². The number of benzene rings is 2. The molecule has 0 unspecified atom stereocenters. The molecule has 0 spiro atoms. The van der Waals surface area contributed by atoms with E-state index in [0.29, 0.717) is 17.0 Å². The fourth-order valence-corrected chi connectivity index (χ4v) is 3.23. The van der Waals surface area contributed by atoms with Crippen molar-refractivity contribution in [2.24, 2.45) is 0 Å². The first-order valence-electron chi connectivity index (χ1n) is 8.11. The summed E-state index contributed by atoms with van der Waals surface area (Å²) >= 11 is 8.19. The van der Waals surface area contributed by atoms with Crippen LogP contribution < -0.4 is 5.32 Å². The molecule has 0 radical (unpaired) electrons. The molecule has 0 aliphatic heterocycles. The molecular weight excluding hydrogens is 509 g/mol. The Hall–Kier alpha value is -3.16. The number of nitrogens with zero attached hydrogens (tertiary/aromatic N) is 2. The second-order valence-corrected chi connectivity index (χ2v) is 7.30. The van der Waals surface area contributed by atoms with Gasteiger partial charge in [-0.15, -0.1) is 0 Å². The van der Waals surface area contributed by atoms with Gasteiger partial charge in [0.25, 0.3) is 11.6 Å². The minimum Gasteiger partial charge on any atom is -0.457 e. The lowest BCUT2D eigenvalue weighted by Crippen LogP contribution is -2.14. The van der Waals surface area contributed by atoms with E-state index in [4.69, 9.17) is 16.0 Å². The molecule has 29 heavy (non-hydrogen) atoms. The van der Waals surface area contributed by atoms with Crippen LogP contribution in [0.15, 0.2) is 64.6 Å². The molecule has 0 saturated heterocycles. The van der Waals surface area contributed by atoms with E-state index < -0.39 is 10.8 Å². The van der Waals surface area contributed by atoms with Gasteiger partial charge in [0.2, 0.25) is 0 Å². The Morgan fingerprint density at radius 2 is 2.00 bits per heavy atom. The van der Waals surface area contributed by atoms with Crippen LogP contribution in [0.2, 0.25) is 5.02 Å². The van der Waals surface area contributed by atoms with E-state index in [2.05, 4.69) is 27.9 Å². The number of non-ortho nitro benzene ring substituents is 1. The monoisotopic (exact) mass is 519 g/mol. The molecule has 1 amide bonds. The molecule has 0 atom stereocenters. The standard InChI is InChI=1S/C20H11ClIN3O4/c21-16-10-13(25(27)28)5-7-15(16)19-8-6-14(29-19)9-12(11-23)20(26)24-18-4-2-1-3-17(18)22/h1-10H,(H,24,26)/b12-9-. The maximum atomic E-state index is 12.4. The summed E-state index contributed by atoms with van der Waals surface area (Å²) in [5, 5.41) is 23.0. The second kappa shape index (κ2) is 8.89. The van der Waals surface area contributed by atoms with Gasteiger partial charge in [-0.05, 0) is 52.9 Å². The van der Waals surface area contributed by atoms with Gasteiger partial charge in [0, 0.05) is 27.3 Å². The van der Waals surface area contributed by atoms with E-state index in [1.807, 2.05) is 18.2 Å².